The molecule has 0 bridgehead atoms. The van der Waals surface area contributed by atoms with Crippen molar-refractivity contribution >= 4 is 27.3 Å². The fourth-order valence-electron chi connectivity index (χ4n) is 3.66. The van der Waals surface area contributed by atoms with E-state index in [2.05, 4.69) is 11.4 Å². The van der Waals surface area contributed by atoms with Crippen molar-refractivity contribution in [3.8, 4) is 0 Å². The molecule has 0 saturated carbocycles. The number of nitrogens with one attached hydrogen (secondary N) is 1. The first-order valence-corrected chi connectivity index (χ1v) is 10.9. The first-order valence-electron chi connectivity index (χ1n) is 8.53. The molecule has 1 unspecified atom stereocenters. The van der Waals surface area contributed by atoms with Crippen LogP contribution in [0.15, 0.2) is 40.6 Å². The Bertz CT molecular complexity index is 899. The van der Waals surface area contributed by atoms with Crippen LogP contribution in [-0.2, 0) is 16.4 Å². The molecule has 1 fully saturated rings. The second-order valence-electron chi connectivity index (χ2n) is 6.49. The smallest absolute Gasteiger partial charge is 0.263 e. The number of fused-ring (bicyclic) bond motifs is 1. The second kappa shape index (κ2) is 6.55. The third-order valence-corrected chi connectivity index (χ3v) is 7.94. The Kier molecular flexibility index (Phi) is 4.39. The zero-order valence-corrected chi connectivity index (χ0v) is 15.4. The van der Waals surface area contributed by atoms with Crippen molar-refractivity contribution in [2.45, 2.75) is 36.6 Å². The fraction of sp³-hybridized carbons (Fsp3) is 0.389. The van der Waals surface area contributed by atoms with Gasteiger partial charge in [0.05, 0.1) is 6.04 Å². The van der Waals surface area contributed by atoms with Crippen LogP contribution in [-0.4, -0.2) is 31.7 Å². The van der Waals surface area contributed by atoms with E-state index >= 15 is 0 Å². The van der Waals surface area contributed by atoms with Crippen molar-refractivity contribution in [1.82, 2.24) is 9.62 Å². The maximum Gasteiger partial charge on any atom is 0.263 e. The molecule has 1 aliphatic heterocycles. The summed E-state index contributed by atoms with van der Waals surface area (Å²) in [5, 5.41) is 4.71. The largest absolute Gasteiger partial charge is 0.344 e. The Hall–Kier alpha value is -1.70. The van der Waals surface area contributed by atoms with E-state index in [4.69, 9.17) is 0 Å². The summed E-state index contributed by atoms with van der Waals surface area (Å²) in [6.07, 6.45) is 3.54. The predicted molar refractivity (Wildman–Crippen MR) is 97.3 cm³/mol. The number of thiophene rings is 1. The summed E-state index contributed by atoms with van der Waals surface area (Å²) >= 11 is 1.19. The summed E-state index contributed by atoms with van der Waals surface area (Å²) in [6.45, 7) is 1.07. The van der Waals surface area contributed by atoms with E-state index in [1.807, 2.05) is 18.2 Å². The molecule has 0 radical (unpaired) electrons. The van der Waals surface area contributed by atoms with Crippen LogP contribution in [0, 0.1) is 0 Å². The van der Waals surface area contributed by atoms with Gasteiger partial charge in [-0.1, -0.05) is 24.3 Å². The van der Waals surface area contributed by atoms with E-state index in [0.29, 0.717) is 13.1 Å². The lowest BCUT2D eigenvalue weighted by Crippen LogP contribution is -2.31. The van der Waals surface area contributed by atoms with Crippen LogP contribution < -0.4 is 5.32 Å². The molecule has 1 saturated heterocycles. The van der Waals surface area contributed by atoms with Gasteiger partial charge in [0.2, 0.25) is 10.0 Å². The van der Waals surface area contributed by atoms with Crippen molar-refractivity contribution in [1.29, 1.82) is 0 Å². The minimum absolute atomic E-state index is 0.0480. The maximum atomic E-state index is 12.8. The van der Waals surface area contributed by atoms with E-state index in [1.54, 1.807) is 11.4 Å². The summed E-state index contributed by atoms with van der Waals surface area (Å²) in [6, 6.07) is 9.59. The van der Waals surface area contributed by atoms with Gasteiger partial charge in [0.1, 0.15) is 9.77 Å². The molecule has 5 nitrogen and oxygen atoms in total. The quantitative estimate of drug-likeness (QED) is 0.892. The van der Waals surface area contributed by atoms with Crippen molar-refractivity contribution in [3.05, 3.63) is 51.7 Å². The molecule has 1 amide bonds. The molecule has 2 aromatic rings. The molecule has 1 aliphatic carbocycles. The van der Waals surface area contributed by atoms with E-state index in [1.165, 1.54) is 21.2 Å². The molecular formula is C18H20N2O3S2. The van der Waals surface area contributed by atoms with Crippen molar-refractivity contribution in [3.63, 3.8) is 0 Å². The van der Waals surface area contributed by atoms with Gasteiger partial charge in [-0.3, -0.25) is 4.79 Å². The van der Waals surface area contributed by atoms with E-state index in [0.717, 1.165) is 31.2 Å². The van der Waals surface area contributed by atoms with Crippen molar-refractivity contribution in [2.75, 3.05) is 13.1 Å². The van der Waals surface area contributed by atoms with Crippen LogP contribution >= 0.6 is 11.3 Å². The molecule has 1 N–H and O–H groups in total. The van der Waals surface area contributed by atoms with Gasteiger partial charge in [0.25, 0.3) is 5.91 Å². The minimum atomic E-state index is -3.58. The second-order valence-corrected chi connectivity index (χ2v) is 9.31. The SMILES string of the molecule is O=C(NC1CCc2ccccc21)c1sccc1S(=O)(=O)N1CCCC1. The summed E-state index contributed by atoms with van der Waals surface area (Å²) in [4.78, 5) is 13.2. The van der Waals surface area contributed by atoms with Gasteiger partial charge in [0.15, 0.2) is 0 Å². The number of benzene rings is 1. The van der Waals surface area contributed by atoms with Crippen LogP contribution in [0.2, 0.25) is 0 Å². The van der Waals surface area contributed by atoms with Crippen LogP contribution in [0.25, 0.3) is 0 Å². The molecule has 1 aromatic heterocycles. The van der Waals surface area contributed by atoms with E-state index < -0.39 is 10.0 Å². The molecule has 2 heterocycles. The molecule has 1 atom stereocenters. The molecule has 25 heavy (non-hydrogen) atoms. The molecule has 132 valence electrons. The van der Waals surface area contributed by atoms with Crippen LogP contribution in [0.3, 0.4) is 0 Å². The van der Waals surface area contributed by atoms with Gasteiger partial charge < -0.3 is 5.32 Å². The van der Waals surface area contributed by atoms with E-state index in [-0.39, 0.29) is 21.7 Å². The van der Waals surface area contributed by atoms with Gasteiger partial charge in [-0.25, -0.2) is 8.42 Å². The van der Waals surface area contributed by atoms with Crippen molar-refractivity contribution in [2.24, 2.45) is 0 Å². The first kappa shape index (κ1) is 16.8. The van der Waals surface area contributed by atoms with E-state index in [9.17, 15) is 13.2 Å². The highest BCUT2D eigenvalue weighted by atomic mass is 32.2. The third-order valence-electron chi connectivity index (χ3n) is 4.96. The monoisotopic (exact) mass is 376 g/mol. The Morgan fingerprint density at radius 2 is 1.92 bits per heavy atom. The summed E-state index contributed by atoms with van der Waals surface area (Å²) < 4.78 is 27.1. The zero-order valence-electron chi connectivity index (χ0n) is 13.8. The molecule has 7 heteroatoms. The summed E-state index contributed by atoms with van der Waals surface area (Å²) in [5.74, 6) is -0.297. The lowest BCUT2D eigenvalue weighted by molar-refractivity contribution is 0.0937. The molecule has 1 aromatic carbocycles. The normalized spacial score (nSPS) is 20.6. The Balaban J connectivity index is 1.57. The topological polar surface area (TPSA) is 66.5 Å². The van der Waals surface area contributed by atoms with Gasteiger partial charge in [0, 0.05) is 13.1 Å². The number of carbonyl (C=O) groups is 1. The highest BCUT2D eigenvalue weighted by Crippen LogP contribution is 2.32. The highest BCUT2D eigenvalue weighted by molar-refractivity contribution is 7.89. The van der Waals surface area contributed by atoms with Crippen molar-refractivity contribution < 1.29 is 13.2 Å². The third kappa shape index (κ3) is 3.01. The van der Waals surface area contributed by atoms with Gasteiger partial charge in [-0.2, -0.15) is 4.31 Å². The number of hydrogen-bond donors (Lipinski definition) is 1. The van der Waals surface area contributed by atoms with Gasteiger partial charge in [-0.15, -0.1) is 11.3 Å². The lowest BCUT2D eigenvalue weighted by Gasteiger charge is -2.17. The Morgan fingerprint density at radius 3 is 2.72 bits per heavy atom. The van der Waals surface area contributed by atoms with Gasteiger partial charge in [-0.05, 0) is 48.3 Å². The lowest BCUT2D eigenvalue weighted by atomic mass is 10.1. The molecule has 4 rings (SSSR count). The number of rotatable bonds is 4. The molecular weight excluding hydrogens is 356 g/mol. The standard InChI is InChI=1S/C18H20N2O3S2/c21-18(19-15-8-7-13-5-1-2-6-14(13)15)17-16(9-12-24-17)25(22,23)20-10-3-4-11-20/h1-2,5-6,9,12,15H,3-4,7-8,10-11H2,(H,19,21). The summed E-state index contributed by atoms with van der Waals surface area (Å²) in [5.41, 5.74) is 2.39. The first-order chi connectivity index (χ1) is 12.1. The molecule has 2 aliphatic rings. The number of carbonyl (C=O) groups excluding carboxylic acids is 1. The Morgan fingerprint density at radius 1 is 1.16 bits per heavy atom. The minimum Gasteiger partial charge on any atom is -0.344 e. The van der Waals surface area contributed by atoms with Gasteiger partial charge >= 0.3 is 0 Å². The summed E-state index contributed by atoms with van der Waals surface area (Å²) in [7, 11) is -3.58. The number of amides is 1. The van der Waals surface area contributed by atoms with Crippen LogP contribution in [0.5, 0.6) is 0 Å². The Labute approximate surface area is 151 Å². The predicted octanol–water partition coefficient (Wildman–Crippen LogP) is 2.95. The fourth-order valence-corrected chi connectivity index (χ4v) is 6.49. The van der Waals surface area contributed by atoms with Crippen LogP contribution in [0.1, 0.15) is 46.1 Å². The van der Waals surface area contributed by atoms with Crippen LogP contribution in [0.4, 0.5) is 0 Å². The number of hydrogen-bond acceptors (Lipinski definition) is 4. The molecule has 0 spiro atoms. The number of sulfonamides is 1. The zero-order chi connectivity index (χ0) is 17.4. The average molecular weight is 377 g/mol. The average Bonchev–Trinajstić information content (AvgIpc) is 3.35. The maximum absolute atomic E-state index is 12.8. The number of aryl methyl sites for hydroxylation is 1. The highest BCUT2D eigenvalue weighted by Gasteiger charge is 2.33. The number of nitrogens with zero attached hydrogens (tertiary/aromatic N) is 1.